The van der Waals surface area contributed by atoms with Gasteiger partial charge in [0.15, 0.2) is 0 Å². The maximum atomic E-state index is 5.32. The quantitative estimate of drug-likeness (QED) is 0.588. The Morgan fingerprint density at radius 2 is 2.62 bits per heavy atom. The molecule has 1 saturated heterocycles. The van der Waals surface area contributed by atoms with E-state index >= 15 is 0 Å². The number of rotatable bonds is 1. The largest absolute Gasteiger partial charge is 0.375 e. The maximum Gasteiger partial charge on any atom is 0.0796 e. The number of alkyl halides is 1. The van der Waals surface area contributed by atoms with Crippen LogP contribution in [0.3, 0.4) is 0 Å². The van der Waals surface area contributed by atoms with Crippen molar-refractivity contribution in [2.45, 2.75) is 6.10 Å². The van der Waals surface area contributed by atoms with E-state index in [2.05, 4.69) is 21.2 Å². The zero-order valence-corrected chi connectivity index (χ0v) is 6.28. The van der Waals surface area contributed by atoms with E-state index in [1.165, 1.54) is 0 Å². The summed E-state index contributed by atoms with van der Waals surface area (Å²) in [5, 5.41) is 4.18. The fourth-order valence-electron chi connectivity index (χ4n) is 0.719. The first-order valence-electron chi connectivity index (χ1n) is 2.82. The van der Waals surface area contributed by atoms with Crippen LogP contribution in [0.25, 0.3) is 0 Å². The molecule has 8 heavy (non-hydrogen) atoms. The van der Waals surface area contributed by atoms with Gasteiger partial charge >= 0.3 is 0 Å². The second kappa shape index (κ2) is 3.43. The van der Waals surface area contributed by atoms with Crippen LogP contribution in [-0.4, -0.2) is 31.1 Å². The normalized spacial score (nSPS) is 30.4. The van der Waals surface area contributed by atoms with E-state index in [1.54, 1.807) is 0 Å². The molecule has 0 saturated carbocycles. The molecule has 1 aliphatic rings. The Morgan fingerprint density at radius 3 is 3.00 bits per heavy atom. The van der Waals surface area contributed by atoms with Gasteiger partial charge in [-0.05, 0) is 0 Å². The first-order chi connectivity index (χ1) is 3.93. The van der Waals surface area contributed by atoms with Crippen LogP contribution in [-0.2, 0) is 4.74 Å². The molecular formula is C5H10BrNO. The highest BCUT2D eigenvalue weighted by atomic mass is 79.9. The molecule has 1 aliphatic heterocycles. The molecular weight excluding hydrogens is 170 g/mol. The van der Waals surface area contributed by atoms with Crippen LogP contribution in [0, 0.1) is 0 Å². The third-order valence-electron chi connectivity index (χ3n) is 1.18. The van der Waals surface area contributed by atoms with Gasteiger partial charge in [0.2, 0.25) is 0 Å². The molecule has 3 heteroatoms. The highest BCUT2D eigenvalue weighted by Gasteiger charge is 2.09. The minimum Gasteiger partial charge on any atom is -0.375 e. The van der Waals surface area contributed by atoms with Crippen LogP contribution in [0.15, 0.2) is 0 Å². The summed E-state index contributed by atoms with van der Waals surface area (Å²) in [6.45, 7) is 2.85. The highest BCUT2D eigenvalue weighted by molar-refractivity contribution is 9.09. The fraction of sp³-hybridized carbons (Fsp3) is 1.00. The summed E-state index contributed by atoms with van der Waals surface area (Å²) in [7, 11) is 0. The highest BCUT2D eigenvalue weighted by Crippen LogP contribution is 1.98. The van der Waals surface area contributed by atoms with Gasteiger partial charge in [-0.25, -0.2) is 0 Å². The van der Waals surface area contributed by atoms with E-state index in [0.717, 1.165) is 25.0 Å². The minimum atomic E-state index is 0.392. The summed E-state index contributed by atoms with van der Waals surface area (Å²) in [5.41, 5.74) is 0. The zero-order valence-electron chi connectivity index (χ0n) is 4.69. The molecule has 1 heterocycles. The van der Waals surface area contributed by atoms with Crippen LogP contribution in [0.4, 0.5) is 0 Å². The second-order valence-electron chi connectivity index (χ2n) is 1.85. The zero-order chi connectivity index (χ0) is 5.82. The Morgan fingerprint density at radius 1 is 1.75 bits per heavy atom. The van der Waals surface area contributed by atoms with Crippen LogP contribution < -0.4 is 5.32 Å². The molecule has 0 spiro atoms. The van der Waals surface area contributed by atoms with Crippen LogP contribution in [0.1, 0.15) is 0 Å². The van der Waals surface area contributed by atoms with Gasteiger partial charge in [-0.2, -0.15) is 0 Å². The Bertz CT molecular complexity index is 63.4. The molecule has 1 fully saturated rings. The van der Waals surface area contributed by atoms with Crippen LogP contribution in [0.2, 0.25) is 0 Å². The third kappa shape index (κ3) is 1.73. The van der Waals surface area contributed by atoms with Crippen molar-refractivity contribution in [1.82, 2.24) is 5.32 Å². The molecule has 0 bridgehead atoms. The lowest BCUT2D eigenvalue weighted by molar-refractivity contribution is 0.0448. The SMILES string of the molecule is BrC[C@@H]1CNCCO1. The van der Waals surface area contributed by atoms with Gasteiger partial charge in [-0.1, -0.05) is 15.9 Å². The molecule has 48 valence electrons. The number of morpholine rings is 1. The lowest BCUT2D eigenvalue weighted by Crippen LogP contribution is -2.39. The Kier molecular flexibility index (Phi) is 2.80. The van der Waals surface area contributed by atoms with Crippen LogP contribution >= 0.6 is 15.9 Å². The maximum absolute atomic E-state index is 5.32. The summed E-state index contributed by atoms with van der Waals surface area (Å²) in [4.78, 5) is 0. The molecule has 0 aromatic carbocycles. The molecule has 1 rings (SSSR count). The molecule has 2 nitrogen and oxygen atoms in total. The standard InChI is InChI=1S/C5H10BrNO/c6-3-5-4-7-1-2-8-5/h5,7H,1-4H2/t5-/m1/s1. The number of hydrogen-bond acceptors (Lipinski definition) is 2. The van der Waals surface area contributed by atoms with Crippen molar-refractivity contribution >= 4 is 15.9 Å². The van der Waals surface area contributed by atoms with Gasteiger partial charge < -0.3 is 10.1 Å². The van der Waals surface area contributed by atoms with Crippen molar-refractivity contribution in [3.8, 4) is 0 Å². The first kappa shape index (κ1) is 6.52. The summed E-state index contributed by atoms with van der Waals surface area (Å²) in [6.07, 6.45) is 0.392. The van der Waals surface area contributed by atoms with E-state index < -0.39 is 0 Å². The monoisotopic (exact) mass is 179 g/mol. The molecule has 0 amide bonds. The predicted molar refractivity (Wildman–Crippen MR) is 36.4 cm³/mol. The lowest BCUT2D eigenvalue weighted by atomic mass is 10.3. The van der Waals surface area contributed by atoms with Crippen molar-refractivity contribution in [3.05, 3.63) is 0 Å². The molecule has 0 aromatic heterocycles. The number of halogens is 1. The van der Waals surface area contributed by atoms with E-state index in [1.807, 2.05) is 0 Å². The van der Waals surface area contributed by atoms with Crippen LogP contribution in [0.5, 0.6) is 0 Å². The number of hydrogen-bond donors (Lipinski definition) is 1. The smallest absolute Gasteiger partial charge is 0.0796 e. The molecule has 0 unspecified atom stereocenters. The van der Waals surface area contributed by atoms with Gasteiger partial charge in [-0.15, -0.1) is 0 Å². The van der Waals surface area contributed by atoms with E-state index in [4.69, 9.17) is 4.74 Å². The van der Waals surface area contributed by atoms with E-state index in [9.17, 15) is 0 Å². The summed E-state index contributed by atoms with van der Waals surface area (Å²) in [5.74, 6) is 0. The lowest BCUT2D eigenvalue weighted by Gasteiger charge is -2.21. The summed E-state index contributed by atoms with van der Waals surface area (Å²) < 4.78 is 5.32. The van der Waals surface area contributed by atoms with Crippen molar-refractivity contribution in [2.24, 2.45) is 0 Å². The average Bonchev–Trinajstić information content (AvgIpc) is 1.90. The predicted octanol–water partition coefficient (Wildman–Crippen LogP) is 0.370. The van der Waals surface area contributed by atoms with Gasteiger partial charge in [-0.3, -0.25) is 0 Å². The topological polar surface area (TPSA) is 21.3 Å². The molecule has 0 radical (unpaired) electrons. The van der Waals surface area contributed by atoms with Gasteiger partial charge in [0.1, 0.15) is 0 Å². The van der Waals surface area contributed by atoms with Gasteiger partial charge in [0.25, 0.3) is 0 Å². The third-order valence-corrected chi connectivity index (χ3v) is 1.90. The van der Waals surface area contributed by atoms with Crippen molar-refractivity contribution in [2.75, 3.05) is 25.0 Å². The van der Waals surface area contributed by atoms with Crippen molar-refractivity contribution in [3.63, 3.8) is 0 Å². The van der Waals surface area contributed by atoms with E-state index in [-0.39, 0.29) is 0 Å². The Balaban J connectivity index is 2.13. The number of ether oxygens (including phenoxy) is 1. The first-order valence-corrected chi connectivity index (χ1v) is 3.94. The average molecular weight is 180 g/mol. The molecule has 1 N–H and O–H groups in total. The molecule has 0 aromatic rings. The van der Waals surface area contributed by atoms with Gasteiger partial charge in [0.05, 0.1) is 12.7 Å². The van der Waals surface area contributed by atoms with Crippen molar-refractivity contribution < 1.29 is 4.74 Å². The minimum absolute atomic E-state index is 0.392. The van der Waals surface area contributed by atoms with Crippen molar-refractivity contribution in [1.29, 1.82) is 0 Å². The molecule has 1 atom stereocenters. The summed E-state index contributed by atoms with van der Waals surface area (Å²) in [6, 6.07) is 0. The molecule has 0 aliphatic carbocycles. The number of nitrogens with one attached hydrogen (secondary N) is 1. The van der Waals surface area contributed by atoms with E-state index in [0.29, 0.717) is 6.10 Å². The second-order valence-corrected chi connectivity index (χ2v) is 2.50. The Hall–Kier alpha value is 0.400. The van der Waals surface area contributed by atoms with Gasteiger partial charge in [0, 0.05) is 18.4 Å². The Labute approximate surface area is 57.7 Å². The fourth-order valence-corrected chi connectivity index (χ4v) is 1.13. The summed E-state index contributed by atoms with van der Waals surface area (Å²) >= 11 is 3.35.